The number of nitrogens with one attached hydrogen (secondary N) is 4. The Bertz CT molecular complexity index is 917. The molecule has 0 fully saturated rings. The zero-order chi connectivity index (χ0) is 24.9. The maximum atomic E-state index is 4.45. The van der Waals surface area contributed by atoms with Crippen molar-refractivity contribution >= 4 is 5.82 Å². The third-order valence-electron chi connectivity index (χ3n) is 6.25. The van der Waals surface area contributed by atoms with Gasteiger partial charge in [-0.2, -0.15) is 0 Å². The lowest BCUT2D eigenvalue weighted by atomic mass is 9.95. The molecule has 2 atom stereocenters. The van der Waals surface area contributed by atoms with Gasteiger partial charge in [-0.05, 0) is 55.9 Å². The van der Waals surface area contributed by atoms with Gasteiger partial charge >= 0.3 is 0 Å². The maximum Gasteiger partial charge on any atom is 0.130 e. The molecule has 2 unspecified atom stereocenters. The summed E-state index contributed by atoms with van der Waals surface area (Å²) in [5.74, 6) is 2.26. The summed E-state index contributed by atoms with van der Waals surface area (Å²) in [5, 5.41) is 13.6. The number of benzene rings is 1. The smallest absolute Gasteiger partial charge is 0.130 e. The first-order valence-corrected chi connectivity index (χ1v) is 12.4. The summed E-state index contributed by atoms with van der Waals surface area (Å²) in [7, 11) is 0. The van der Waals surface area contributed by atoms with Crippen LogP contribution in [0.1, 0.15) is 64.1 Å². The van der Waals surface area contributed by atoms with Gasteiger partial charge in [0.15, 0.2) is 0 Å². The minimum absolute atomic E-state index is 0.0987. The molecule has 0 saturated carbocycles. The molecule has 0 aliphatic heterocycles. The van der Waals surface area contributed by atoms with E-state index in [1.807, 2.05) is 24.4 Å². The van der Waals surface area contributed by atoms with E-state index >= 15 is 0 Å². The van der Waals surface area contributed by atoms with Gasteiger partial charge < -0.3 is 21.3 Å². The molecular weight excluding hydrogens is 418 g/mol. The van der Waals surface area contributed by atoms with Crippen molar-refractivity contribution in [3.05, 3.63) is 96.7 Å². The molecule has 0 aliphatic rings. The molecule has 0 spiro atoms. The van der Waals surface area contributed by atoms with E-state index in [1.54, 1.807) is 0 Å². The number of rotatable bonds is 16. The van der Waals surface area contributed by atoms with E-state index in [-0.39, 0.29) is 6.04 Å². The molecule has 34 heavy (non-hydrogen) atoms. The highest BCUT2D eigenvalue weighted by molar-refractivity contribution is 5.44. The van der Waals surface area contributed by atoms with Crippen LogP contribution >= 0.6 is 0 Å². The van der Waals surface area contributed by atoms with Crippen LogP contribution in [0.5, 0.6) is 0 Å². The van der Waals surface area contributed by atoms with E-state index in [0.717, 1.165) is 54.3 Å². The number of hydrogen-bond donors (Lipinski definition) is 4. The van der Waals surface area contributed by atoms with Crippen LogP contribution < -0.4 is 21.3 Å². The molecule has 0 radical (unpaired) electrons. The summed E-state index contributed by atoms with van der Waals surface area (Å²) in [5.41, 5.74) is 4.29. The van der Waals surface area contributed by atoms with Crippen LogP contribution in [-0.2, 0) is 6.42 Å². The van der Waals surface area contributed by atoms with E-state index in [0.29, 0.717) is 18.5 Å². The number of allylic oxidation sites excluding steroid dienone is 1. The average molecular weight is 462 g/mol. The second kappa shape index (κ2) is 14.1. The lowest BCUT2D eigenvalue weighted by Gasteiger charge is -2.27. The fraction of sp³-hybridized carbons (Fsp3) is 0.414. The lowest BCUT2D eigenvalue weighted by molar-refractivity contribution is 0.365. The molecule has 0 saturated heterocycles. The first kappa shape index (κ1) is 27.0. The monoisotopic (exact) mass is 461 g/mol. The highest BCUT2D eigenvalue weighted by atomic mass is 15.1. The second-order valence-electron chi connectivity index (χ2n) is 9.00. The van der Waals surface area contributed by atoms with Crippen molar-refractivity contribution in [1.82, 2.24) is 20.9 Å². The normalized spacial score (nSPS) is 12.5. The van der Waals surface area contributed by atoms with Crippen molar-refractivity contribution in [2.75, 3.05) is 11.9 Å². The molecule has 4 N–H and O–H groups in total. The molecule has 2 rings (SSSR count). The number of nitrogens with zero attached hydrogens (tertiary/aromatic N) is 1. The Morgan fingerprint density at radius 3 is 2.32 bits per heavy atom. The van der Waals surface area contributed by atoms with Crippen molar-refractivity contribution in [2.45, 2.75) is 65.5 Å². The molecule has 0 aliphatic carbocycles. The van der Waals surface area contributed by atoms with Crippen molar-refractivity contribution < 1.29 is 0 Å². The fourth-order valence-electron chi connectivity index (χ4n) is 4.04. The van der Waals surface area contributed by atoms with Gasteiger partial charge in [0.1, 0.15) is 5.82 Å². The molecule has 1 aromatic heterocycles. The summed E-state index contributed by atoms with van der Waals surface area (Å²) >= 11 is 0. The highest BCUT2D eigenvalue weighted by Gasteiger charge is 2.15. The molecular formula is C29H43N5. The third kappa shape index (κ3) is 9.34. The van der Waals surface area contributed by atoms with Gasteiger partial charge in [-0.1, -0.05) is 76.8 Å². The van der Waals surface area contributed by atoms with Gasteiger partial charge in [-0.25, -0.2) is 4.98 Å². The van der Waals surface area contributed by atoms with E-state index < -0.39 is 0 Å². The van der Waals surface area contributed by atoms with Gasteiger partial charge in [0.05, 0.1) is 18.4 Å². The average Bonchev–Trinajstić information content (AvgIpc) is 2.83. The van der Waals surface area contributed by atoms with Gasteiger partial charge in [-0.15, -0.1) is 0 Å². The van der Waals surface area contributed by atoms with Crippen LogP contribution in [0.3, 0.4) is 0 Å². The minimum Gasteiger partial charge on any atom is -0.383 e. The van der Waals surface area contributed by atoms with E-state index in [1.165, 1.54) is 5.56 Å². The van der Waals surface area contributed by atoms with Gasteiger partial charge in [0.25, 0.3) is 0 Å². The van der Waals surface area contributed by atoms with E-state index in [4.69, 9.17) is 0 Å². The molecule has 184 valence electrons. The summed E-state index contributed by atoms with van der Waals surface area (Å²) < 4.78 is 0. The van der Waals surface area contributed by atoms with Crippen molar-refractivity contribution in [3.8, 4) is 0 Å². The van der Waals surface area contributed by atoms with Crippen LogP contribution in [0.2, 0.25) is 0 Å². The SMILES string of the molecule is C=C(CCc1ccccc1)NCC(=C)Nc1cc(C(C)NC(=C)NC(C)C(CC)CC)ccn1. The Morgan fingerprint density at radius 1 is 0.941 bits per heavy atom. The Balaban J connectivity index is 1.79. The number of anilines is 1. The summed E-state index contributed by atoms with van der Waals surface area (Å²) in [6, 6.07) is 15.0. The molecule has 1 heterocycles. The van der Waals surface area contributed by atoms with Crippen LogP contribution in [0.25, 0.3) is 0 Å². The molecule has 0 amide bonds. The van der Waals surface area contributed by atoms with E-state index in [2.05, 4.69) is 97.9 Å². The molecule has 1 aromatic carbocycles. The second-order valence-corrected chi connectivity index (χ2v) is 9.00. The van der Waals surface area contributed by atoms with Crippen LogP contribution in [-0.4, -0.2) is 17.6 Å². The molecule has 5 nitrogen and oxygen atoms in total. The van der Waals surface area contributed by atoms with E-state index in [9.17, 15) is 0 Å². The van der Waals surface area contributed by atoms with Gasteiger partial charge in [0, 0.05) is 23.6 Å². The summed E-state index contributed by atoms with van der Waals surface area (Å²) in [6.45, 7) is 21.9. The Morgan fingerprint density at radius 2 is 1.65 bits per heavy atom. The Labute approximate surface area is 206 Å². The quantitative estimate of drug-likeness (QED) is 0.237. The third-order valence-corrected chi connectivity index (χ3v) is 6.25. The van der Waals surface area contributed by atoms with Gasteiger partial charge in [-0.3, -0.25) is 0 Å². The standard InChI is InChI=1S/C29H43N5/c1-8-27(9-2)23(5)33-25(7)34-24(6)28-17-18-30-29(19-28)32-22(4)20-31-21(3)15-16-26-13-11-10-12-14-26/h10-14,17-19,23-24,27,31,33-34H,3-4,7-9,15-16,20H2,1-2,5-6H3,(H,30,32). The fourth-order valence-corrected chi connectivity index (χ4v) is 4.04. The number of aryl methyl sites for hydroxylation is 1. The zero-order valence-corrected chi connectivity index (χ0v) is 21.5. The summed E-state index contributed by atoms with van der Waals surface area (Å²) in [6.07, 6.45) is 6.00. The summed E-state index contributed by atoms with van der Waals surface area (Å²) in [4.78, 5) is 4.45. The predicted octanol–water partition coefficient (Wildman–Crippen LogP) is 6.28. The minimum atomic E-state index is 0.0987. The number of aromatic nitrogens is 1. The molecule has 2 aromatic rings. The van der Waals surface area contributed by atoms with Crippen LogP contribution in [0, 0.1) is 5.92 Å². The highest BCUT2D eigenvalue weighted by Crippen LogP contribution is 2.18. The van der Waals surface area contributed by atoms with Crippen molar-refractivity contribution in [2.24, 2.45) is 5.92 Å². The van der Waals surface area contributed by atoms with Crippen molar-refractivity contribution in [1.29, 1.82) is 0 Å². The number of hydrogen-bond acceptors (Lipinski definition) is 5. The van der Waals surface area contributed by atoms with Crippen LogP contribution in [0.15, 0.2) is 85.6 Å². The first-order chi connectivity index (χ1) is 16.3. The predicted molar refractivity (Wildman–Crippen MR) is 146 cm³/mol. The Hall–Kier alpha value is -3.21. The maximum absolute atomic E-state index is 4.45. The molecule has 0 bridgehead atoms. The zero-order valence-electron chi connectivity index (χ0n) is 21.5. The van der Waals surface area contributed by atoms with Gasteiger partial charge in [0.2, 0.25) is 0 Å². The van der Waals surface area contributed by atoms with Crippen LogP contribution in [0.4, 0.5) is 5.82 Å². The first-order valence-electron chi connectivity index (χ1n) is 12.4. The lowest BCUT2D eigenvalue weighted by Crippen LogP contribution is -2.37. The molecule has 5 heteroatoms. The van der Waals surface area contributed by atoms with Crippen molar-refractivity contribution in [3.63, 3.8) is 0 Å². The topological polar surface area (TPSA) is 61.0 Å². The Kier molecular flexibility index (Phi) is 11.2. The number of pyridine rings is 1. The largest absolute Gasteiger partial charge is 0.383 e.